The van der Waals surface area contributed by atoms with E-state index in [9.17, 15) is 31.1 Å². The molecule has 0 radical (unpaired) electrons. The summed E-state index contributed by atoms with van der Waals surface area (Å²) in [6, 6.07) is 3.58. The summed E-state index contributed by atoms with van der Waals surface area (Å²) < 4.78 is 80.2. The number of carbonyl (C=O) groups excluding carboxylic acids is 1. The van der Waals surface area contributed by atoms with Crippen molar-refractivity contribution in [2.24, 2.45) is 5.92 Å². The van der Waals surface area contributed by atoms with Crippen molar-refractivity contribution in [2.45, 2.75) is 38.2 Å². The summed E-state index contributed by atoms with van der Waals surface area (Å²) in [6.07, 6.45) is -7.70. The average Bonchev–Trinajstić information content (AvgIpc) is 3.31. The summed E-state index contributed by atoms with van der Waals surface area (Å²) in [5.41, 5.74) is 2.32. The molecule has 2 atom stereocenters. The minimum atomic E-state index is -5.01. The number of benzene rings is 1. The normalized spacial score (nSPS) is 19.6. The van der Waals surface area contributed by atoms with Crippen LogP contribution in [0, 0.1) is 5.92 Å². The maximum Gasteiger partial charge on any atom is 0.434 e. The van der Waals surface area contributed by atoms with Crippen LogP contribution in [-0.2, 0) is 12.4 Å². The van der Waals surface area contributed by atoms with Crippen LogP contribution < -0.4 is 16.2 Å². The molecule has 1 saturated heterocycles. The predicted molar refractivity (Wildman–Crippen MR) is 99.2 cm³/mol. The molecule has 2 heterocycles. The molecular weight excluding hydrogens is 428 g/mol. The van der Waals surface area contributed by atoms with Crippen molar-refractivity contribution in [3.8, 4) is 5.69 Å². The van der Waals surface area contributed by atoms with Crippen LogP contribution >= 0.6 is 0 Å². The predicted octanol–water partition coefficient (Wildman–Crippen LogP) is 3.53. The molecule has 6 nitrogen and oxygen atoms in total. The maximum atomic E-state index is 13.7. The number of hydrogen-bond donors (Lipinski definition) is 3. The lowest BCUT2D eigenvalue weighted by molar-refractivity contribution is -0.143. The summed E-state index contributed by atoms with van der Waals surface area (Å²) in [5, 5.41) is 5.99. The largest absolute Gasteiger partial charge is 0.434 e. The lowest BCUT2D eigenvalue weighted by atomic mass is 9.98. The van der Waals surface area contributed by atoms with Gasteiger partial charge < -0.3 is 5.32 Å². The molecule has 3 rings (SSSR count). The Labute approximate surface area is 174 Å². The van der Waals surface area contributed by atoms with Crippen LogP contribution in [0.25, 0.3) is 5.69 Å². The highest BCUT2D eigenvalue weighted by molar-refractivity contribution is 5.95. The highest BCUT2D eigenvalue weighted by Gasteiger charge is 2.41. The van der Waals surface area contributed by atoms with E-state index in [1.54, 1.807) is 0 Å². The topological polar surface area (TPSA) is 71.0 Å². The Morgan fingerprint density at radius 1 is 1.23 bits per heavy atom. The van der Waals surface area contributed by atoms with Gasteiger partial charge in [0, 0.05) is 19.1 Å². The number of nitrogens with one attached hydrogen (secondary N) is 3. The number of alkyl halides is 6. The quantitative estimate of drug-likeness (QED) is 0.466. The van der Waals surface area contributed by atoms with Crippen LogP contribution in [0.4, 0.5) is 26.3 Å². The fourth-order valence-corrected chi connectivity index (χ4v) is 3.46. The van der Waals surface area contributed by atoms with Crippen molar-refractivity contribution >= 4 is 5.91 Å². The van der Waals surface area contributed by atoms with Gasteiger partial charge in [0.1, 0.15) is 0 Å². The highest BCUT2D eigenvalue weighted by atomic mass is 19.4. The molecule has 1 aliphatic heterocycles. The molecule has 2 unspecified atom stereocenters. The van der Waals surface area contributed by atoms with Crippen LogP contribution in [0.15, 0.2) is 30.5 Å². The first-order valence-corrected chi connectivity index (χ1v) is 9.58. The van der Waals surface area contributed by atoms with E-state index in [-0.39, 0.29) is 12.6 Å². The highest BCUT2D eigenvalue weighted by Crippen LogP contribution is 2.35. The summed E-state index contributed by atoms with van der Waals surface area (Å²) in [7, 11) is 0. The Hall–Kier alpha value is -2.60. The summed E-state index contributed by atoms with van der Waals surface area (Å²) in [4.78, 5) is 12.4. The van der Waals surface area contributed by atoms with Crippen LogP contribution in [0.5, 0.6) is 0 Å². The second kappa shape index (κ2) is 8.87. The molecule has 1 aromatic carbocycles. The number of halogens is 6. The van der Waals surface area contributed by atoms with Crippen molar-refractivity contribution < 1.29 is 31.1 Å². The maximum absolute atomic E-state index is 13.7. The molecular formula is C19H21F6N5O. The first kappa shape index (κ1) is 23.1. The van der Waals surface area contributed by atoms with Crippen LogP contribution in [0.2, 0.25) is 0 Å². The molecule has 2 aromatic rings. The van der Waals surface area contributed by atoms with Gasteiger partial charge in [0.15, 0.2) is 5.69 Å². The van der Waals surface area contributed by atoms with Gasteiger partial charge >= 0.3 is 12.4 Å². The van der Waals surface area contributed by atoms with Gasteiger partial charge in [-0.15, -0.1) is 0 Å². The van der Waals surface area contributed by atoms with Crippen LogP contribution in [-0.4, -0.2) is 34.8 Å². The molecule has 12 heteroatoms. The minimum absolute atomic E-state index is 0.161. The number of aromatic nitrogens is 2. The van der Waals surface area contributed by atoms with Crippen LogP contribution in [0.3, 0.4) is 0 Å². The van der Waals surface area contributed by atoms with Gasteiger partial charge in [-0.1, -0.05) is 6.07 Å². The van der Waals surface area contributed by atoms with Gasteiger partial charge in [0.25, 0.3) is 5.91 Å². The molecule has 1 amide bonds. The Balaban J connectivity index is 1.77. The monoisotopic (exact) mass is 449 g/mol. The van der Waals surface area contributed by atoms with Crippen molar-refractivity contribution in [2.75, 3.05) is 13.1 Å². The van der Waals surface area contributed by atoms with E-state index in [4.69, 9.17) is 0 Å². The molecule has 31 heavy (non-hydrogen) atoms. The molecule has 1 fully saturated rings. The summed E-state index contributed by atoms with van der Waals surface area (Å²) in [6.45, 7) is 2.92. The van der Waals surface area contributed by atoms with Gasteiger partial charge in [-0.05, 0) is 43.9 Å². The van der Waals surface area contributed by atoms with E-state index in [1.165, 1.54) is 0 Å². The summed E-state index contributed by atoms with van der Waals surface area (Å²) >= 11 is 0. The van der Waals surface area contributed by atoms with Gasteiger partial charge in [-0.2, -0.15) is 31.4 Å². The number of hydrazine groups is 1. The van der Waals surface area contributed by atoms with Crippen LogP contribution in [0.1, 0.15) is 41.4 Å². The number of hydrogen-bond acceptors (Lipinski definition) is 4. The summed E-state index contributed by atoms with van der Waals surface area (Å²) in [5.74, 6) is -0.646. The third kappa shape index (κ3) is 5.37. The number of carbonyl (C=O) groups is 1. The van der Waals surface area contributed by atoms with E-state index in [1.807, 2.05) is 6.92 Å². The fraction of sp³-hybridized carbons (Fsp3) is 0.474. The molecule has 3 N–H and O–H groups in total. The van der Waals surface area contributed by atoms with Gasteiger partial charge in [0.2, 0.25) is 0 Å². The van der Waals surface area contributed by atoms with Gasteiger partial charge in [0.05, 0.1) is 23.0 Å². The molecule has 1 aromatic heterocycles. The number of rotatable bonds is 6. The van der Waals surface area contributed by atoms with E-state index < -0.39 is 40.8 Å². The first-order valence-electron chi connectivity index (χ1n) is 9.58. The van der Waals surface area contributed by atoms with Crippen molar-refractivity contribution in [3.05, 3.63) is 47.3 Å². The molecule has 1 aliphatic rings. The third-order valence-corrected chi connectivity index (χ3v) is 5.14. The van der Waals surface area contributed by atoms with Crippen molar-refractivity contribution in [1.82, 2.24) is 25.9 Å². The lowest BCUT2D eigenvalue weighted by Crippen LogP contribution is -2.29. The fourth-order valence-electron chi connectivity index (χ4n) is 3.46. The van der Waals surface area contributed by atoms with E-state index in [2.05, 4.69) is 21.3 Å². The minimum Gasteiger partial charge on any atom is -0.352 e. The zero-order valence-electron chi connectivity index (χ0n) is 16.4. The average molecular weight is 449 g/mol. The lowest BCUT2D eigenvalue weighted by Gasteiger charge is -2.15. The van der Waals surface area contributed by atoms with E-state index >= 15 is 0 Å². The second-order valence-electron chi connectivity index (χ2n) is 7.34. The molecule has 0 bridgehead atoms. The SMILES string of the molecule is CC1NNCC1CCCNC(=O)c1cnn(-c2cccc(C(F)(F)F)c2)c1C(F)(F)F. The van der Waals surface area contributed by atoms with E-state index in [0.717, 1.165) is 31.2 Å². The van der Waals surface area contributed by atoms with Crippen molar-refractivity contribution in [3.63, 3.8) is 0 Å². The Kier molecular flexibility index (Phi) is 6.60. The van der Waals surface area contributed by atoms with Gasteiger partial charge in [-0.3, -0.25) is 15.6 Å². The molecule has 170 valence electrons. The Morgan fingerprint density at radius 3 is 2.58 bits per heavy atom. The first-order chi connectivity index (χ1) is 14.5. The number of nitrogens with zero attached hydrogens (tertiary/aromatic N) is 2. The smallest absolute Gasteiger partial charge is 0.352 e. The van der Waals surface area contributed by atoms with E-state index in [0.29, 0.717) is 29.3 Å². The molecule has 0 saturated carbocycles. The molecule has 0 aliphatic carbocycles. The third-order valence-electron chi connectivity index (χ3n) is 5.14. The Bertz CT molecular complexity index is 923. The second-order valence-corrected chi connectivity index (χ2v) is 7.34. The van der Waals surface area contributed by atoms with Gasteiger partial charge in [-0.25, -0.2) is 4.68 Å². The van der Waals surface area contributed by atoms with Crippen molar-refractivity contribution in [1.29, 1.82) is 0 Å². The molecule has 0 spiro atoms. The zero-order valence-corrected chi connectivity index (χ0v) is 16.4. The Morgan fingerprint density at radius 2 is 1.97 bits per heavy atom. The number of amides is 1. The zero-order chi connectivity index (χ0) is 22.8. The standard InChI is InChI=1S/C19H21F6N5O/c1-11-12(9-27-29-11)4-3-7-26-17(31)15-10-28-30(16(15)19(23,24)25)14-6-2-5-13(8-14)18(20,21)22/h2,5-6,8,10-12,27,29H,3-4,7,9H2,1H3,(H,26,31).